The van der Waals surface area contributed by atoms with Crippen molar-refractivity contribution in [1.29, 1.82) is 0 Å². The quantitative estimate of drug-likeness (QED) is 0.350. The lowest BCUT2D eigenvalue weighted by Gasteiger charge is -2.15. The second-order valence-corrected chi connectivity index (χ2v) is 7.84. The molecule has 9 nitrogen and oxygen atoms in total. The summed E-state index contributed by atoms with van der Waals surface area (Å²) in [6, 6.07) is 9.19. The first kappa shape index (κ1) is 20.6. The van der Waals surface area contributed by atoms with Gasteiger partial charge in [0.1, 0.15) is 17.1 Å². The number of pyridine rings is 1. The maximum absolute atomic E-state index is 12.0. The van der Waals surface area contributed by atoms with Crippen LogP contribution in [0.15, 0.2) is 55.3 Å². The molecule has 2 heterocycles. The van der Waals surface area contributed by atoms with Gasteiger partial charge in [-0.05, 0) is 36.4 Å². The molecule has 1 N–H and O–H groups in total. The predicted molar refractivity (Wildman–Crippen MR) is 113 cm³/mol. The zero-order valence-electron chi connectivity index (χ0n) is 15.3. The molecule has 0 saturated heterocycles. The van der Waals surface area contributed by atoms with Crippen molar-refractivity contribution in [2.24, 2.45) is 0 Å². The van der Waals surface area contributed by atoms with Gasteiger partial charge in [-0.1, -0.05) is 18.9 Å². The molecule has 0 unspecified atom stereocenters. The highest BCUT2D eigenvalue weighted by atomic mass is 32.2. The van der Waals surface area contributed by atoms with Gasteiger partial charge >= 0.3 is 16.1 Å². The van der Waals surface area contributed by atoms with Crippen molar-refractivity contribution in [2.75, 3.05) is 17.1 Å². The van der Waals surface area contributed by atoms with Crippen molar-refractivity contribution >= 4 is 45.9 Å². The van der Waals surface area contributed by atoms with Crippen LogP contribution in [0.2, 0.25) is 0 Å². The third-order valence-electron chi connectivity index (χ3n) is 3.60. The van der Waals surface area contributed by atoms with E-state index < -0.39 is 16.1 Å². The van der Waals surface area contributed by atoms with Gasteiger partial charge in [0, 0.05) is 12.1 Å². The summed E-state index contributed by atoms with van der Waals surface area (Å²) in [5.74, 6) is 0.479. The molecular weight excluding hydrogens is 414 g/mol. The lowest BCUT2D eigenvalue weighted by molar-refractivity contribution is 0.251. The second kappa shape index (κ2) is 8.45. The SMILES string of the molecule is C=CCNC(=O)N(S)c1ccc2ncc(-c3ccc(OS(C)(=O)=O)cc3)nc2n1. The number of urea groups is 1. The Labute approximate surface area is 173 Å². The van der Waals surface area contributed by atoms with E-state index in [9.17, 15) is 13.2 Å². The van der Waals surface area contributed by atoms with Gasteiger partial charge in [-0.15, -0.1) is 6.58 Å². The molecule has 0 radical (unpaired) electrons. The molecule has 0 bridgehead atoms. The van der Waals surface area contributed by atoms with E-state index in [4.69, 9.17) is 4.18 Å². The molecular formula is C18H17N5O4S2. The smallest absolute Gasteiger partial charge is 0.333 e. The summed E-state index contributed by atoms with van der Waals surface area (Å²) in [5, 5.41) is 2.60. The maximum atomic E-state index is 12.0. The number of rotatable bonds is 6. The molecule has 3 rings (SSSR count). The number of carbonyl (C=O) groups is 1. The van der Waals surface area contributed by atoms with Crippen LogP contribution in [-0.2, 0) is 10.1 Å². The third-order valence-corrected chi connectivity index (χ3v) is 4.48. The van der Waals surface area contributed by atoms with Crippen molar-refractivity contribution in [2.45, 2.75) is 0 Å². The van der Waals surface area contributed by atoms with Gasteiger partial charge in [-0.2, -0.15) is 8.42 Å². The molecule has 0 spiro atoms. The number of aromatic nitrogens is 3. The molecule has 0 atom stereocenters. The fraction of sp³-hybridized carbons (Fsp3) is 0.111. The summed E-state index contributed by atoms with van der Waals surface area (Å²) in [5.41, 5.74) is 2.09. The minimum atomic E-state index is -3.60. The zero-order chi connectivity index (χ0) is 21.0. The molecule has 150 valence electrons. The van der Waals surface area contributed by atoms with Crippen molar-refractivity contribution in [1.82, 2.24) is 20.3 Å². The molecule has 0 aliphatic carbocycles. The largest absolute Gasteiger partial charge is 0.383 e. The molecule has 1 aromatic carbocycles. The minimum absolute atomic E-state index is 0.196. The number of anilines is 1. The van der Waals surface area contributed by atoms with E-state index >= 15 is 0 Å². The average molecular weight is 431 g/mol. The topological polar surface area (TPSA) is 114 Å². The van der Waals surface area contributed by atoms with E-state index in [-0.39, 0.29) is 11.6 Å². The third kappa shape index (κ3) is 5.21. The maximum Gasteiger partial charge on any atom is 0.333 e. The molecule has 29 heavy (non-hydrogen) atoms. The van der Waals surface area contributed by atoms with Gasteiger partial charge in [0.15, 0.2) is 5.65 Å². The number of carbonyl (C=O) groups excluding carboxylic acids is 1. The Kier molecular flexibility index (Phi) is 5.99. The lowest BCUT2D eigenvalue weighted by Crippen LogP contribution is -2.34. The van der Waals surface area contributed by atoms with Crippen molar-refractivity contribution in [3.63, 3.8) is 0 Å². The first-order valence-electron chi connectivity index (χ1n) is 8.28. The van der Waals surface area contributed by atoms with Crippen LogP contribution in [0, 0.1) is 0 Å². The summed E-state index contributed by atoms with van der Waals surface area (Å²) >= 11 is 4.17. The summed E-state index contributed by atoms with van der Waals surface area (Å²) in [6.45, 7) is 3.84. The Morgan fingerprint density at radius 3 is 2.62 bits per heavy atom. The van der Waals surface area contributed by atoms with Crippen LogP contribution in [0.25, 0.3) is 22.4 Å². The molecule has 2 aromatic heterocycles. The monoisotopic (exact) mass is 431 g/mol. The predicted octanol–water partition coefficient (Wildman–Crippen LogP) is 2.58. The minimum Gasteiger partial charge on any atom is -0.383 e. The highest BCUT2D eigenvalue weighted by molar-refractivity contribution is 7.86. The van der Waals surface area contributed by atoms with Crippen LogP contribution in [-0.4, -0.2) is 42.2 Å². The molecule has 0 fully saturated rings. The van der Waals surface area contributed by atoms with Gasteiger partial charge in [0.25, 0.3) is 0 Å². The van der Waals surface area contributed by atoms with E-state index in [0.717, 1.165) is 10.6 Å². The summed E-state index contributed by atoms with van der Waals surface area (Å²) in [6.07, 6.45) is 4.10. The van der Waals surface area contributed by atoms with Crippen LogP contribution >= 0.6 is 12.8 Å². The normalized spacial score (nSPS) is 11.1. The van der Waals surface area contributed by atoms with Crippen LogP contribution in [0.1, 0.15) is 0 Å². The number of benzene rings is 1. The fourth-order valence-electron chi connectivity index (χ4n) is 2.34. The first-order valence-corrected chi connectivity index (χ1v) is 10.5. The molecule has 0 saturated carbocycles. The Hall–Kier alpha value is -3.18. The van der Waals surface area contributed by atoms with E-state index in [2.05, 4.69) is 39.7 Å². The van der Waals surface area contributed by atoms with Crippen LogP contribution < -0.4 is 13.8 Å². The van der Waals surface area contributed by atoms with E-state index in [1.807, 2.05) is 0 Å². The first-order chi connectivity index (χ1) is 13.8. The van der Waals surface area contributed by atoms with Crippen LogP contribution in [0.5, 0.6) is 5.75 Å². The van der Waals surface area contributed by atoms with Crippen LogP contribution in [0.3, 0.4) is 0 Å². The number of hydrogen-bond donors (Lipinski definition) is 2. The number of nitrogens with zero attached hydrogens (tertiary/aromatic N) is 4. The Balaban J connectivity index is 1.89. The van der Waals surface area contributed by atoms with Gasteiger partial charge in [-0.3, -0.25) is 4.98 Å². The van der Waals surface area contributed by atoms with Crippen molar-refractivity contribution in [3.8, 4) is 17.0 Å². The van der Waals surface area contributed by atoms with Crippen molar-refractivity contribution in [3.05, 3.63) is 55.3 Å². The van der Waals surface area contributed by atoms with E-state index in [0.29, 0.717) is 29.0 Å². The number of thiol groups is 1. The van der Waals surface area contributed by atoms with Gasteiger partial charge in [0.05, 0.1) is 18.1 Å². The van der Waals surface area contributed by atoms with E-state index in [1.54, 1.807) is 36.5 Å². The molecule has 0 aliphatic rings. The average Bonchev–Trinajstić information content (AvgIpc) is 2.70. The second-order valence-electron chi connectivity index (χ2n) is 5.87. The van der Waals surface area contributed by atoms with Gasteiger partial charge < -0.3 is 9.50 Å². The summed E-state index contributed by atoms with van der Waals surface area (Å²) in [4.78, 5) is 25.2. The Bertz CT molecular complexity index is 1170. The fourth-order valence-corrected chi connectivity index (χ4v) is 2.98. The zero-order valence-corrected chi connectivity index (χ0v) is 17.0. The van der Waals surface area contributed by atoms with Gasteiger partial charge in [-0.25, -0.2) is 19.1 Å². The Morgan fingerprint density at radius 2 is 1.97 bits per heavy atom. The highest BCUT2D eigenvalue weighted by Gasteiger charge is 2.14. The number of fused-ring (bicyclic) bond motifs is 1. The molecule has 11 heteroatoms. The Morgan fingerprint density at radius 1 is 1.24 bits per heavy atom. The van der Waals surface area contributed by atoms with Crippen molar-refractivity contribution < 1.29 is 17.4 Å². The standard InChI is InChI=1S/C18H17N5O4S2/c1-3-10-19-18(24)23(28)16-9-8-14-17(22-16)21-15(11-20-14)12-4-6-13(7-5-12)27-29(2,25)26/h3-9,11,28H,1,10H2,2H3,(H,19,24). The van der Waals surface area contributed by atoms with Gasteiger partial charge in [0.2, 0.25) is 0 Å². The lowest BCUT2D eigenvalue weighted by atomic mass is 10.1. The molecule has 3 aromatic rings. The van der Waals surface area contributed by atoms with Crippen LogP contribution in [0.4, 0.5) is 10.6 Å². The number of nitrogens with one attached hydrogen (secondary N) is 1. The summed E-state index contributed by atoms with van der Waals surface area (Å²) in [7, 11) is -3.60. The molecule has 0 aliphatic heterocycles. The van der Waals surface area contributed by atoms with E-state index in [1.165, 1.54) is 12.1 Å². The summed E-state index contributed by atoms with van der Waals surface area (Å²) < 4.78 is 28.3. The number of amides is 2. The number of hydrogen-bond acceptors (Lipinski definition) is 8. The molecule has 2 amide bonds. The highest BCUT2D eigenvalue weighted by Crippen LogP contribution is 2.23.